The Hall–Kier alpha value is -1.80. The highest BCUT2D eigenvalue weighted by molar-refractivity contribution is 6.33. The molecule has 1 heterocycles. The van der Waals surface area contributed by atoms with Crippen molar-refractivity contribution in [2.24, 2.45) is 0 Å². The summed E-state index contributed by atoms with van der Waals surface area (Å²) in [6.45, 7) is 7.06. The van der Waals surface area contributed by atoms with Gasteiger partial charge in [0.15, 0.2) is 0 Å². The summed E-state index contributed by atoms with van der Waals surface area (Å²) in [6.07, 6.45) is 2.75. The maximum absolute atomic E-state index is 12.6. The third-order valence-electron chi connectivity index (χ3n) is 2.99. The maximum Gasteiger partial charge on any atom is 0.255 e. The van der Waals surface area contributed by atoms with Crippen molar-refractivity contribution in [2.75, 3.05) is 18.4 Å². The van der Waals surface area contributed by atoms with E-state index in [0.29, 0.717) is 29.4 Å². The van der Waals surface area contributed by atoms with Crippen LogP contribution in [0.25, 0.3) is 0 Å². The average molecular weight is 309 g/mol. The Kier molecular flexibility index (Phi) is 6.97. The van der Waals surface area contributed by atoms with Crippen LogP contribution in [0, 0.1) is 11.3 Å². The molecule has 21 heavy (non-hydrogen) atoms. The van der Waals surface area contributed by atoms with E-state index in [1.807, 2.05) is 13.8 Å². The molecule has 1 N–H and O–H groups in total. The first-order valence-corrected chi connectivity index (χ1v) is 7.46. The topological polar surface area (TPSA) is 69.0 Å². The highest BCUT2D eigenvalue weighted by Crippen LogP contribution is 2.21. The summed E-state index contributed by atoms with van der Waals surface area (Å²) in [7, 11) is 0. The molecular formula is C15H21ClN4O. The quantitative estimate of drug-likeness (QED) is 0.839. The number of hydrogen-bond acceptors (Lipinski definition) is 4. The molecule has 0 aromatic carbocycles. The number of nitrogens with one attached hydrogen (secondary N) is 1. The van der Waals surface area contributed by atoms with Gasteiger partial charge in [0.1, 0.15) is 5.82 Å². The van der Waals surface area contributed by atoms with Gasteiger partial charge >= 0.3 is 0 Å². The minimum Gasteiger partial charge on any atom is -0.370 e. The number of rotatable bonds is 7. The van der Waals surface area contributed by atoms with Crippen molar-refractivity contribution in [3.05, 3.63) is 22.8 Å². The van der Waals surface area contributed by atoms with Crippen molar-refractivity contribution in [1.29, 1.82) is 5.26 Å². The molecule has 0 saturated heterocycles. The molecule has 0 atom stereocenters. The van der Waals surface area contributed by atoms with Crippen molar-refractivity contribution in [1.82, 2.24) is 9.88 Å². The fourth-order valence-electron chi connectivity index (χ4n) is 1.87. The number of pyridine rings is 1. The number of nitrogens with zero attached hydrogens (tertiary/aromatic N) is 3. The Balaban J connectivity index is 3.00. The van der Waals surface area contributed by atoms with E-state index in [2.05, 4.69) is 23.3 Å². The van der Waals surface area contributed by atoms with Gasteiger partial charge in [-0.1, -0.05) is 18.5 Å². The second-order valence-corrected chi connectivity index (χ2v) is 5.38. The van der Waals surface area contributed by atoms with Crippen LogP contribution in [0.4, 0.5) is 5.82 Å². The lowest BCUT2D eigenvalue weighted by Crippen LogP contribution is -2.37. The van der Waals surface area contributed by atoms with Gasteiger partial charge in [-0.15, -0.1) is 0 Å². The Labute approximate surface area is 130 Å². The molecule has 114 valence electrons. The van der Waals surface area contributed by atoms with Gasteiger partial charge in [-0.2, -0.15) is 5.26 Å². The molecule has 1 amide bonds. The maximum atomic E-state index is 12.6. The van der Waals surface area contributed by atoms with Crippen molar-refractivity contribution >= 4 is 23.3 Å². The normalized spacial score (nSPS) is 10.3. The van der Waals surface area contributed by atoms with Gasteiger partial charge in [0.25, 0.3) is 5.91 Å². The van der Waals surface area contributed by atoms with Crippen molar-refractivity contribution < 1.29 is 4.79 Å². The van der Waals surface area contributed by atoms with Gasteiger partial charge in [-0.25, -0.2) is 4.98 Å². The summed E-state index contributed by atoms with van der Waals surface area (Å²) < 4.78 is 0. The van der Waals surface area contributed by atoms with Crippen molar-refractivity contribution in [3.63, 3.8) is 0 Å². The van der Waals surface area contributed by atoms with Crippen LogP contribution >= 0.6 is 11.6 Å². The molecule has 0 bridgehead atoms. The third-order valence-corrected chi connectivity index (χ3v) is 3.29. The molecule has 0 spiro atoms. The number of nitriles is 1. The van der Waals surface area contributed by atoms with E-state index in [9.17, 15) is 4.79 Å². The molecule has 0 aliphatic rings. The number of anilines is 1. The van der Waals surface area contributed by atoms with Crippen LogP contribution in [0.3, 0.4) is 0 Å². The fourth-order valence-corrected chi connectivity index (χ4v) is 2.06. The predicted octanol–water partition coefficient (Wildman–Crippen LogP) is 3.32. The van der Waals surface area contributed by atoms with Gasteiger partial charge in [-0.3, -0.25) is 4.79 Å². The first kappa shape index (κ1) is 17.3. The molecule has 0 aliphatic heterocycles. The first-order valence-electron chi connectivity index (χ1n) is 7.08. The lowest BCUT2D eigenvalue weighted by molar-refractivity contribution is 0.0710. The van der Waals surface area contributed by atoms with Gasteiger partial charge < -0.3 is 10.2 Å². The van der Waals surface area contributed by atoms with E-state index in [4.69, 9.17) is 16.9 Å². The average Bonchev–Trinajstić information content (AvgIpc) is 2.46. The number of aromatic nitrogens is 1. The van der Waals surface area contributed by atoms with Gasteiger partial charge in [0.2, 0.25) is 0 Å². The molecule has 0 unspecified atom stereocenters. The second kappa shape index (κ2) is 8.48. The SMILES string of the molecule is CCCNc1cc(C(=O)N(CCC#N)C(C)C)c(Cl)cn1. The van der Waals surface area contributed by atoms with Crippen LogP contribution in [-0.2, 0) is 0 Å². The molecule has 5 nitrogen and oxygen atoms in total. The standard InChI is InChI=1S/C15H21ClN4O/c1-4-7-18-14-9-12(13(16)10-19-14)15(21)20(11(2)3)8-5-6-17/h9-11H,4-5,7-8H2,1-3H3,(H,18,19). The third kappa shape index (κ3) is 4.91. The highest BCUT2D eigenvalue weighted by Gasteiger charge is 2.21. The fraction of sp³-hybridized carbons (Fsp3) is 0.533. The molecular weight excluding hydrogens is 288 g/mol. The van der Waals surface area contributed by atoms with E-state index in [-0.39, 0.29) is 11.9 Å². The molecule has 1 rings (SSSR count). The zero-order valence-electron chi connectivity index (χ0n) is 12.7. The zero-order valence-corrected chi connectivity index (χ0v) is 13.4. The number of carbonyl (C=O) groups is 1. The number of carbonyl (C=O) groups excluding carboxylic acids is 1. The minimum absolute atomic E-state index is 0.00197. The molecule has 6 heteroatoms. The van der Waals surface area contributed by atoms with E-state index in [0.717, 1.165) is 13.0 Å². The molecule has 0 aliphatic carbocycles. The van der Waals surface area contributed by atoms with Gasteiger partial charge in [0, 0.05) is 25.3 Å². The predicted molar refractivity (Wildman–Crippen MR) is 84.4 cm³/mol. The summed E-state index contributed by atoms with van der Waals surface area (Å²) in [6, 6.07) is 3.73. The van der Waals surface area contributed by atoms with Crippen molar-refractivity contribution in [3.8, 4) is 6.07 Å². The zero-order chi connectivity index (χ0) is 15.8. The summed E-state index contributed by atoms with van der Waals surface area (Å²) in [5.41, 5.74) is 0.414. The Morgan fingerprint density at radius 3 is 2.86 bits per heavy atom. The van der Waals surface area contributed by atoms with E-state index in [1.54, 1.807) is 11.0 Å². The van der Waals surface area contributed by atoms with Crippen LogP contribution in [0.2, 0.25) is 5.02 Å². The van der Waals surface area contributed by atoms with Crippen LogP contribution in [0.1, 0.15) is 44.0 Å². The monoisotopic (exact) mass is 308 g/mol. The number of amides is 1. The smallest absolute Gasteiger partial charge is 0.255 e. The van der Waals surface area contributed by atoms with Crippen LogP contribution in [-0.4, -0.2) is 34.9 Å². The van der Waals surface area contributed by atoms with E-state index >= 15 is 0 Å². The van der Waals surface area contributed by atoms with Crippen LogP contribution < -0.4 is 5.32 Å². The van der Waals surface area contributed by atoms with Crippen LogP contribution in [0.5, 0.6) is 0 Å². The summed E-state index contributed by atoms with van der Waals surface area (Å²) in [5.74, 6) is 0.459. The lowest BCUT2D eigenvalue weighted by Gasteiger charge is -2.26. The molecule has 0 saturated carbocycles. The number of hydrogen-bond donors (Lipinski definition) is 1. The number of halogens is 1. The van der Waals surface area contributed by atoms with Crippen LogP contribution in [0.15, 0.2) is 12.3 Å². The molecule has 0 radical (unpaired) electrons. The van der Waals surface area contributed by atoms with Gasteiger partial charge in [-0.05, 0) is 26.3 Å². The van der Waals surface area contributed by atoms with Gasteiger partial charge in [0.05, 0.1) is 23.1 Å². The first-order chi connectivity index (χ1) is 10.0. The highest BCUT2D eigenvalue weighted by atomic mass is 35.5. The Morgan fingerprint density at radius 2 is 2.29 bits per heavy atom. The Morgan fingerprint density at radius 1 is 1.57 bits per heavy atom. The Bertz CT molecular complexity index is 525. The van der Waals surface area contributed by atoms with Crippen molar-refractivity contribution in [2.45, 2.75) is 39.7 Å². The summed E-state index contributed by atoms with van der Waals surface area (Å²) in [4.78, 5) is 18.4. The van der Waals surface area contributed by atoms with E-state index < -0.39 is 0 Å². The second-order valence-electron chi connectivity index (χ2n) is 4.98. The molecule has 0 fully saturated rings. The molecule has 1 aromatic rings. The van der Waals surface area contributed by atoms with E-state index in [1.165, 1.54) is 6.20 Å². The summed E-state index contributed by atoms with van der Waals surface area (Å²) >= 11 is 6.11. The lowest BCUT2D eigenvalue weighted by atomic mass is 10.2. The largest absolute Gasteiger partial charge is 0.370 e. The molecule has 1 aromatic heterocycles. The minimum atomic E-state index is -0.174. The summed E-state index contributed by atoms with van der Waals surface area (Å²) in [5, 5.41) is 12.2.